The van der Waals surface area contributed by atoms with Gasteiger partial charge in [-0.3, -0.25) is 4.79 Å². The van der Waals surface area contributed by atoms with Crippen LogP contribution in [0.5, 0.6) is 0 Å². The summed E-state index contributed by atoms with van der Waals surface area (Å²) in [4.78, 5) is 12.2. The fourth-order valence-corrected chi connectivity index (χ4v) is 2.43. The van der Waals surface area contributed by atoms with Crippen molar-refractivity contribution >= 4 is 17.5 Å². The van der Waals surface area contributed by atoms with Gasteiger partial charge in [-0.15, -0.1) is 0 Å². The highest BCUT2D eigenvalue weighted by atomic mass is 35.5. The first-order valence-corrected chi connectivity index (χ1v) is 7.67. The quantitative estimate of drug-likeness (QED) is 0.858. The van der Waals surface area contributed by atoms with Crippen LogP contribution in [-0.2, 0) is 24.4 Å². The van der Waals surface area contributed by atoms with E-state index in [0.717, 1.165) is 16.7 Å². The number of amides is 1. The van der Waals surface area contributed by atoms with Gasteiger partial charge in [0.05, 0.1) is 6.61 Å². The number of aliphatic hydroxyl groups is 1. The van der Waals surface area contributed by atoms with Crippen molar-refractivity contribution in [2.45, 2.75) is 26.5 Å². The Kier molecular flexibility index (Phi) is 5.99. The Bertz CT molecular complexity index is 625. The van der Waals surface area contributed by atoms with Gasteiger partial charge in [0.1, 0.15) is 0 Å². The van der Waals surface area contributed by atoms with Crippen LogP contribution in [0.3, 0.4) is 0 Å². The van der Waals surface area contributed by atoms with Gasteiger partial charge in [0.15, 0.2) is 0 Å². The molecule has 2 N–H and O–H groups in total. The summed E-state index contributed by atoms with van der Waals surface area (Å²) < 4.78 is 0. The number of benzene rings is 2. The molecule has 0 spiro atoms. The minimum Gasteiger partial charge on any atom is -0.392 e. The standard InChI is InChI=1S/C18H20ClNO2/c1-13(10-14-6-8-17(19)9-7-14)18(22)20-11-15-4-2-3-5-16(15)12-21/h2-9,13,21H,10-12H2,1H3,(H,20,22). The van der Waals surface area contributed by atoms with Crippen molar-refractivity contribution in [1.29, 1.82) is 0 Å². The van der Waals surface area contributed by atoms with E-state index >= 15 is 0 Å². The van der Waals surface area contributed by atoms with Crippen LogP contribution >= 0.6 is 11.6 Å². The van der Waals surface area contributed by atoms with Crippen molar-refractivity contribution in [3.8, 4) is 0 Å². The zero-order chi connectivity index (χ0) is 15.9. The van der Waals surface area contributed by atoms with Crippen molar-refractivity contribution < 1.29 is 9.90 Å². The van der Waals surface area contributed by atoms with Crippen molar-refractivity contribution in [3.05, 3.63) is 70.2 Å². The lowest BCUT2D eigenvalue weighted by molar-refractivity contribution is -0.124. The third-order valence-electron chi connectivity index (χ3n) is 3.64. The molecule has 1 atom stereocenters. The second-order valence-electron chi connectivity index (χ2n) is 5.38. The molecule has 0 heterocycles. The molecule has 0 aromatic heterocycles. The molecule has 2 aromatic carbocycles. The summed E-state index contributed by atoms with van der Waals surface area (Å²) in [5, 5.41) is 12.9. The first-order valence-electron chi connectivity index (χ1n) is 7.30. The Morgan fingerprint density at radius 1 is 1.14 bits per heavy atom. The molecule has 4 heteroatoms. The van der Waals surface area contributed by atoms with E-state index in [2.05, 4.69) is 5.32 Å². The Morgan fingerprint density at radius 3 is 2.41 bits per heavy atom. The molecule has 0 saturated heterocycles. The van der Waals surface area contributed by atoms with Crippen LogP contribution in [-0.4, -0.2) is 11.0 Å². The van der Waals surface area contributed by atoms with Crippen LogP contribution in [0.15, 0.2) is 48.5 Å². The van der Waals surface area contributed by atoms with Gasteiger partial charge in [-0.25, -0.2) is 0 Å². The Morgan fingerprint density at radius 2 is 1.77 bits per heavy atom. The summed E-state index contributed by atoms with van der Waals surface area (Å²) in [6, 6.07) is 15.1. The van der Waals surface area contributed by atoms with E-state index < -0.39 is 0 Å². The van der Waals surface area contributed by atoms with Gasteiger partial charge in [-0.05, 0) is 35.2 Å². The summed E-state index contributed by atoms with van der Waals surface area (Å²) in [5.41, 5.74) is 2.87. The number of carbonyl (C=O) groups excluding carboxylic acids is 1. The summed E-state index contributed by atoms with van der Waals surface area (Å²) in [5.74, 6) is -0.120. The van der Waals surface area contributed by atoms with Crippen molar-refractivity contribution in [2.24, 2.45) is 5.92 Å². The van der Waals surface area contributed by atoms with E-state index in [-0.39, 0.29) is 18.4 Å². The molecule has 1 unspecified atom stereocenters. The maximum atomic E-state index is 12.2. The molecule has 0 saturated carbocycles. The number of carbonyl (C=O) groups is 1. The number of halogens is 1. The molecule has 0 fully saturated rings. The molecule has 0 aliphatic carbocycles. The van der Waals surface area contributed by atoms with Crippen LogP contribution in [0.25, 0.3) is 0 Å². The van der Waals surface area contributed by atoms with E-state index in [0.29, 0.717) is 18.0 Å². The molecule has 22 heavy (non-hydrogen) atoms. The smallest absolute Gasteiger partial charge is 0.223 e. The van der Waals surface area contributed by atoms with Crippen molar-refractivity contribution in [2.75, 3.05) is 0 Å². The molecule has 0 aliphatic rings. The third-order valence-corrected chi connectivity index (χ3v) is 3.90. The highest BCUT2D eigenvalue weighted by molar-refractivity contribution is 6.30. The monoisotopic (exact) mass is 317 g/mol. The molecular formula is C18H20ClNO2. The molecular weight excluding hydrogens is 298 g/mol. The van der Waals surface area contributed by atoms with Crippen molar-refractivity contribution in [3.63, 3.8) is 0 Å². The zero-order valence-corrected chi connectivity index (χ0v) is 13.3. The summed E-state index contributed by atoms with van der Waals surface area (Å²) in [7, 11) is 0. The van der Waals surface area contributed by atoms with Crippen LogP contribution < -0.4 is 5.32 Å². The van der Waals surface area contributed by atoms with Gasteiger partial charge in [-0.1, -0.05) is 54.9 Å². The lowest BCUT2D eigenvalue weighted by atomic mass is 10.00. The maximum absolute atomic E-state index is 12.2. The number of aliphatic hydroxyl groups excluding tert-OH is 1. The highest BCUT2D eigenvalue weighted by Crippen LogP contribution is 2.14. The van der Waals surface area contributed by atoms with Crippen LogP contribution in [0.2, 0.25) is 5.02 Å². The third kappa shape index (κ3) is 4.58. The molecule has 2 aromatic rings. The average Bonchev–Trinajstić information content (AvgIpc) is 2.54. The topological polar surface area (TPSA) is 49.3 Å². The fraction of sp³-hybridized carbons (Fsp3) is 0.278. The van der Waals surface area contributed by atoms with Gasteiger partial charge < -0.3 is 10.4 Å². The second-order valence-corrected chi connectivity index (χ2v) is 5.81. The maximum Gasteiger partial charge on any atom is 0.223 e. The van der Waals surface area contributed by atoms with E-state index in [1.54, 1.807) is 0 Å². The van der Waals surface area contributed by atoms with Gasteiger partial charge in [0, 0.05) is 17.5 Å². The Hall–Kier alpha value is -1.84. The second kappa shape index (κ2) is 7.97. The SMILES string of the molecule is CC(Cc1ccc(Cl)cc1)C(=O)NCc1ccccc1CO. The van der Waals surface area contributed by atoms with Gasteiger partial charge in [0.2, 0.25) is 5.91 Å². The van der Waals surface area contributed by atoms with Gasteiger partial charge in [-0.2, -0.15) is 0 Å². The number of rotatable bonds is 6. The Labute approximate surface area is 135 Å². The molecule has 0 radical (unpaired) electrons. The van der Waals surface area contributed by atoms with E-state index in [9.17, 15) is 9.90 Å². The van der Waals surface area contributed by atoms with E-state index in [1.807, 2.05) is 55.5 Å². The number of hydrogen-bond donors (Lipinski definition) is 2. The lowest BCUT2D eigenvalue weighted by Gasteiger charge is -2.14. The minimum absolute atomic E-state index is 0.00249. The first kappa shape index (κ1) is 16.5. The van der Waals surface area contributed by atoms with Crippen LogP contribution in [0.4, 0.5) is 0 Å². The fourth-order valence-electron chi connectivity index (χ4n) is 2.31. The first-order chi connectivity index (χ1) is 10.6. The van der Waals surface area contributed by atoms with E-state index in [4.69, 9.17) is 11.6 Å². The number of nitrogens with one attached hydrogen (secondary N) is 1. The summed E-state index contributed by atoms with van der Waals surface area (Å²) in [6.07, 6.45) is 0.671. The molecule has 2 rings (SSSR count). The predicted octanol–water partition coefficient (Wildman–Crippen LogP) is 3.33. The van der Waals surface area contributed by atoms with Gasteiger partial charge >= 0.3 is 0 Å². The highest BCUT2D eigenvalue weighted by Gasteiger charge is 2.13. The average molecular weight is 318 g/mol. The zero-order valence-electron chi connectivity index (χ0n) is 12.6. The summed E-state index contributed by atoms with van der Waals surface area (Å²) >= 11 is 5.86. The predicted molar refractivity (Wildman–Crippen MR) is 88.5 cm³/mol. The van der Waals surface area contributed by atoms with E-state index in [1.165, 1.54) is 0 Å². The van der Waals surface area contributed by atoms with Gasteiger partial charge in [0.25, 0.3) is 0 Å². The Balaban J connectivity index is 1.90. The van der Waals surface area contributed by atoms with Crippen molar-refractivity contribution in [1.82, 2.24) is 5.32 Å². The van der Waals surface area contributed by atoms with Crippen LogP contribution in [0.1, 0.15) is 23.6 Å². The number of hydrogen-bond acceptors (Lipinski definition) is 2. The molecule has 1 amide bonds. The van der Waals surface area contributed by atoms with Crippen LogP contribution in [0, 0.1) is 5.92 Å². The normalized spacial score (nSPS) is 12.0. The molecule has 3 nitrogen and oxygen atoms in total. The molecule has 0 aliphatic heterocycles. The summed E-state index contributed by atoms with van der Waals surface area (Å²) in [6.45, 7) is 2.31. The largest absolute Gasteiger partial charge is 0.392 e. The lowest BCUT2D eigenvalue weighted by Crippen LogP contribution is -2.30. The molecule has 0 bridgehead atoms. The minimum atomic E-state index is -0.123. The molecule has 116 valence electrons.